The quantitative estimate of drug-likeness (QED) is 0.282. The number of nitrogens with zero attached hydrogens (tertiary/aromatic N) is 2. The highest BCUT2D eigenvalue weighted by atomic mass is 32.1. The lowest BCUT2D eigenvalue weighted by Crippen LogP contribution is -2.39. The molecule has 1 saturated heterocycles. The third kappa shape index (κ3) is 7.00. The van der Waals surface area contributed by atoms with E-state index >= 15 is 0 Å². The van der Waals surface area contributed by atoms with Gasteiger partial charge in [-0.3, -0.25) is 14.5 Å². The number of nitrogens with one attached hydrogen (secondary N) is 1. The fraction of sp³-hybridized carbons (Fsp3) is 0.267. The van der Waals surface area contributed by atoms with Crippen LogP contribution in [0.25, 0.3) is 0 Å². The number of hydrogen-bond donors (Lipinski definition) is 1. The van der Waals surface area contributed by atoms with Gasteiger partial charge >= 0.3 is 5.97 Å². The van der Waals surface area contributed by atoms with Crippen LogP contribution >= 0.6 is 12.2 Å². The summed E-state index contributed by atoms with van der Waals surface area (Å²) in [5, 5.41) is 3.24. The standard InChI is InChI=1S/C30H31N3O5S/c1-3-38-29(36)23-11-13-24(14-12-23)31-27(34)19-26-28(35)33(20-22-7-5-4-6-8-22)30(39)32(26)18-17-21-9-15-25(37-2)16-10-21/h4-16,26H,3,17-20H2,1-2H3,(H,31,34). The zero-order valence-electron chi connectivity index (χ0n) is 22.0. The number of carbonyl (C=O) groups excluding carboxylic acids is 3. The Kier molecular flexibility index (Phi) is 9.27. The van der Waals surface area contributed by atoms with Crippen molar-refractivity contribution in [3.63, 3.8) is 0 Å². The molecule has 3 aromatic carbocycles. The molecule has 1 atom stereocenters. The average molecular weight is 546 g/mol. The van der Waals surface area contributed by atoms with Crippen LogP contribution in [0.1, 0.15) is 34.8 Å². The Bertz CT molecular complexity index is 1310. The van der Waals surface area contributed by atoms with Crippen LogP contribution in [0.3, 0.4) is 0 Å². The summed E-state index contributed by atoms with van der Waals surface area (Å²) in [5.41, 5.74) is 2.94. The van der Waals surface area contributed by atoms with E-state index in [9.17, 15) is 14.4 Å². The maximum atomic E-state index is 13.5. The Morgan fingerprint density at radius 1 is 0.949 bits per heavy atom. The predicted molar refractivity (Wildman–Crippen MR) is 152 cm³/mol. The van der Waals surface area contributed by atoms with Crippen LogP contribution in [0, 0.1) is 0 Å². The minimum Gasteiger partial charge on any atom is -0.497 e. The van der Waals surface area contributed by atoms with Gasteiger partial charge in [-0.2, -0.15) is 0 Å². The lowest BCUT2D eigenvalue weighted by atomic mass is 10.1. The van der Waals surface area contributed by atoms with Crippen molar-refractivity contribution >= 4 is 40.8 Å². The number of thiocarbonyl (C=S) groups is 1. The average Bonchev–Trinajstić information content (AvgIpc) is 3.16. The van der Waals surface area contributed by atoms with Crippen molar-refractivity contribution in [3.05, 3.63) is 95.6 Å². The van der Waals surface area contributed by atoms with Gasteiger partial charge in [0.15, 0.2) is 5.11 Å². The number of benzene rings is 3. The first kappa shape index (κ1) is 27.8. The van der Waals surface area contributed by atoms with E-state index in [2.05, 4.69) is 5.32 Å². The zero-order chi connectivity index (χ0) is 27.8. The van der Waals surface area contributed by atoms with E-state index in [1.54, 1.807) is 43.2 Å². The summed E-state index contributed by atoms with van der Waals surface area (Å²) < 4.78 is 10.2. The van der Waals surface area contributed by atoms with Crippen molar-refractivity contribution in [1.29, 1.82) is 0 Å². The van der Waals surface area contributed by atoms with Crippen molar-refractivity contribution in [2.24, 2.45) is 0 Å². The monoisotopic (exact) mass is 545 g/mol. The molecule has 1 unspecified atom stereocenters. The SMILES string of the molecule is CCOC(=O)c1ccc(NC(=O)CC2C(=O)N(Cc3ccccc3)C(=S)N2CCc2ccc(OC)cc2)cc1. The molecule has 0 aromatic heterocycles. The molecule has 0 spiro atoms. The highest BCUT2D eigenvalue weighted by Gasteiger charge is 2.43. The second-order valence-corrected chi connectivity index (χ2v) is 9.42. The number of methoxy groups -OCH3 is 1. The van der Waals surface area contributed by atoms with Gasteiger partial charge in [0.25, 0.3) is 5.91 Å². The fourth-order valence-electron chi connectivity index (χ4n) is 4.39. The highest BCUT2D eigenvalue weighted by molar-refractivity contribution is 7.80. The predicted octanol–water partition coefficient (Wildman–Crippen LogP) is 4.44. The Hall–Kier alpha value is -4.24. The molecule has 1 aliphatic rings. The third-order valence-electron chi connectivity index (χ3n) is 6.45. The Labute approximate surface area is 233 Å². The van der Waals surface area contributed by atoms with E-state index in [1.807, 2.05) is 59.5 Å². The number of amides is 2. The first-order valence-corrected chi connectivity index (χ1v) is 13.2. The Morgan fingerprint density at radius 3 is 2.28 bits per heavy atom. The summed E-state index contributed by atoms with van der Waals surface area (Å²) in [5.74, 6) is -0.182. The molecule has 0 aliphatic carbocycles. The van der Waals surface area contributed by atoms with Crippen LogP contribution in [-0.2, 0) is 27.3 Å². The van der Waals surface area contributed by atoms with Gasteiger partial charge in [-0.15, -0.1) is 0 Å². The molecule has 8 nitrogen and oxygen atoms in total. The molecule has 9 heteroatoms. The second kappa shape index (κ2) is 13.0. The third-order valence-corrected chi connectivity index (χ3v) is 6.90. The summed E-state index contributed by atoms with van der Waals surface area (Å²) >= 11 is 5.75. The van der Waals surface area contributed by atoms with Crippen LogP contribution in [0.2, 0.25) is 0 Å². The van der Waals surface area contributed by atoms with Crippen molar-refractivity contribution in [3.8, 4) is 5.75 Å². The first-order valence-electron chi connectivity index (χ1n) is 12.8. The molecule has 1 heterocycles. The molecular formula is C30H31N3O5S. The highest BCUT2D eigenvalue weighted by Crippen LogP contribution is 2.25. The smallest absolute Gasteiger partial charge is 0.338 e. The Balaban J connectivity index is 1.47. The molecule has 0 radical (unpaired) electrons. The lowest BCUT2D eigenvalue weighted by molar-refractivity contribution is -0.131. The summed E-state index contributed by atoms with van der Waals surface area (Å²) in [6.45, 7) is 2.84. The van der Waals surface area contributed by atoms with Gasteiger partial charge in [0.05, 0.1) is 32.2 Å². The number of hydrogen-bond acceptors (Lipinski definition) is 6. The summed E-state index contributed by atoms with van der Waals surface area (Å²) in [6, 6.07) is 23.1. The van der Waals surface area contributed by atoms with E-state index < -0.39 is 12.0 Å². The number of carbonyl (C=O) groups is 3. The maximum absolute atomic E-state index is 13.5. The molecule has 3 aromatic rings. The molecule has 39 heavy (non-hydrogen) atoms. The van der Waals surface area contributed by atoms with Crippen molar-refractivity contribution in [2.45, 2.75) is 32.4 Å². The minimum atomic E-state index is -0.724. The Morgan fingerprint density at radius 2 is 1.64 bits per heavy atom. The van der Waals surface area contributed by atoms with Crippen LogP contribution in [0.15, 0.2) is 78.9 Å². The maximum Gasteiger partial charge on any atom is 0.338 e. The second-order valence-electron chi connectivity index (χ2n) is 9.05. The van der Waals surface area contributed by atoms with E-state index in [0.717, 1.165) is 16.9 Å². The van der Waals surface area contributed by atoms with Gasteiger partial charge < -0.3 is 19.7 Å². The normalized spacial score (nSPS) is 14.9. The van der Waals surface area contributed by atoms with Gasteiger partial charge in [0.2, 0.25) is 5.91 Å². The summed E-state index contributed by atoms with van der Waals surface area (Å²) in [4.78, 5) is 41.9. The number of anilines is 1. The van der Waals surface area contributed by atoms with Gasteiger partial charge in [0, 0.05) is 12.2 Å². The van der Waals surface area contributed by atoms with E-state index in [0.29, 0.717) is 35.9 Å². The summed E-state index contributed by atoms with van der Waals surface area (Å²) in [7, 11) is 1.62. The fourth-order valence-corrected chi connectivity index (χ4v) is 4.76. The molecule has 202 valence electrons. The summed E-state index contributed by atoms with van der Waals surface area (Å²) in [6.07, 6.45) is 0.580. The van der Waals surface area contributed by atoms with Gasteiger partial charge in [-0.1, -0.05) is 42.5 Å². The molecule has 4 rings (SSSR count). The number of esters is 1. The van der Waals surface area contributed by atoms with Crippen LogP contribution in [-0.4, -0.2) is 59.0 Å². The van der Waals surface area contributed by atoms with E-state index in [4.69, 9.17) is 21.7 Å². The number of ether oxygens (including phenoxy) is 2. The zero-order valence-corrected chi connectivity index (χ0v) is 22.8. The largest absolute Gasteiger partial charge is 0.497 e. The minimum absolute atomic E-state index is 0.0630. The van der Waals surface area contributed by atoms with Crippen molar-refractivity contribution in [2.75, 3.05) is 25.6 Å². The topological polar surface area (TPSA) is 88.2 Å². The number of rotatable bonds is 11. The van der Waals surface area contributed by atoms with E-state index in [-0.39, 0.29) is 24.8 Å². The molecule has 1 N–H and O–H groups in total. The molecule has 0 saturated carbocycles. The molecule has 1 aliphatic heterocycles. The first-order chi connectivity index (χ1) is 18.9. The van der Waals surface area contributed by atoms with Crippen LogP contribution < -0.4 is 10.1 Å². The van der Waals surface area contributed by atoms with Crippen molar-refractivity contribution < 1.29 is 23.9 Å². The molecule has 2 amide bonds. The van der Waals surface area contributed by atoms with E-state index in [1.165, 1.54) is 0 Å². The molecular weight excluding hydrogens is 514 g/mol. The van der Waals surface area contributed by atoms with Crippen LogP contribution in [0.5, 0.6) is 5.75 Å². The van der Waals surface area contributed by atoms with Crippen LogP contribution in [0.4, 0.5) is 5.69 Å². The molecule has 0 bridgehead atoms. The van der Waals surface area contributed by atoms with Gasteiger partial charge in [0.1, 0.15) is 11.8 Å². The van der Waals surface area contributed by atoms with Gasteiger partial charge in [-0.05, 0) is 73.1 Å². The van der Waals surface area contributed by atoms with Gasteiger partial charge in [-0.25, -0.2) is 4.79 Å². The lowest BCUT2D eigenvalue weighted by Gasteiger charge is -2.24. The van der Waals surface area contributed by atoms with Crippen molar-refractivity contribution in [1.82, 2.24) is 9.80 Å². The molecule has 1 fully saturated rings.